The molecule has 5 atom stereocenters. The van der Waals surface area contributed by atoms with Crippen LogP contribution in [0, 0.1) is 0 Å². The lowest BCUT2D eigenvalue weighted by Crippen LogP contribution is -2.61. The molecule has 1 rings (SSSR count). The highest BCUT2D eigenvalue weighted by Crippen LogP contribution is 2.39. The Kier molecular flexibility index (Phi) is 5.20. The molecule has 0 aromatic rings. The van der Waals surface area contributed by atoms with Crippen molar-refractivity contribution in [2.45, 2.75) is 76.5 Å². The molecule has 0 unspecified atom stereocenters. The van der Waals surface area contributed by atoms with Gasteiger partial charge in [0.1, 0.15) is 18.3 Å². The van der Waals surface area contributed by atoms with E-state index in [-0.39, 0.29) is 5.04 Å². The maximum atomic E-state index is 10.2. The van der Waals surface area contributed by atoms with Gasteiger partial charge < -0.3 is 24.1 Å². The van der Waals surface area contributed by atoms with Gasteiger partial charge in [-0.15, -0.1) is 0 Å². The van der Waals surface area contributed by atoms with E-state index >= 15 is 0 Å². The van der Waals surface area contributed by atoms with Crippen molar-refractivity contribution in [2.24, 2.45) is 0 Å². The number of aliphatic hydroxyl groups excluding tert-OH is 2. The van der Waals surface area contributed by atoms with Crippen LogP contribution >= 0.6 is 0 Å². The average Bonchev–Trinajstić information content (AvgIpc) is 2.27. The summed E-state index contributed by atoms with van der Waals surface area (Å²) >= 11 is 0. The topological polar surface area (TPSA) is 68.2 Å². The lowest BCUT2D eigenvalue weighted by Gasteiger charge is -2.46. The second kappa shape index (κ2) is 5.79. The molecule has 1 saturated heterocycles. The summed E-state index contributed by atoms with van der Waals surface area (Å²) in [6, 6.07) is 0. The summed E-state index contributed by atoms with van der Waals surface area (Å²) in [5.41, 5.74) is 0. The molecule has 1 aliphatic heterocycles. The third kappa shape index (κ3) is 3.56. The Hall–Kier alpha value is 0.0169. The van der Waals surface area contributed by atoms with Gasteiger partial charge in [-0.2, -0.15) is 0 Å². The second-order valence-corrected chi connectivity index (χ2v) is 11.5. The van der Waals surface area contributed by atoms with E-state index in [9.17, 15) is 10.2 Å². The normalized spacial score (nSPS) is 37.4. The molecule has 1 heterocycles. The van der Waals surface area contributed by atoms with E-state index in [0.29, 0.717) is 0 Å². The molecule has 114 valence electrons. The van der Waals surface area contributed by atoms with Gasteiger partial charge in [0.05, 0.1) is 6.10 Å². The fraction of sp³-hybridized carbons (Fsp3) is 1.00. The molecule has 0 aromatic heterocycles. The lowest BCUT2D eigenvalue weighted by molar-refractivity contribution is -0.283. The van der Waals surface area contributed by atoms with Crippen LogP contribution in [0.4, 0.5) is 0 Å². The van der Waals surface area contributed by atoms with Gasteiger partial charge in [-0.3, -0.25) is 0 Å². The first kappa shape index (κ1) is 17.1. The molecule has 2 N–H and O–H groups in total. The number of rotatable bonds is 3. The van der Waals surface area contributed by atoms with Crippen LogP contribution in [-0.4, -0.2) is 56.3 Å². The summed E-state index contributed by atoms with van der Waals surface area (Å²) in [5.74, 6) is 0. The van der Waals surface area contributed by atoms with Crippen LogP contribution in [0.1, 0.15) is 27.7 Å². The van der Waals surface area contributed by atoms with E-state index < -0.39 is 39.0 Å². The molecule has 0 radical (unpaired) electrons. The Morgan fingerprint density at radius 1 is 1.11 bits per heavy atom. The minimum absolute atomic E-state index is 0.0105. The summed E-state index contributed by atoms with van der Waals surface area (Å²) in [7, 11) is -0.605. The number of hydrogen-bond acceptors (Lipinski definition) is 5. The molecule has 19 heavy (non-hydrogen) atoms. The van der Waals surface area contributed by atoms with Gasteiger partial charge in [0.15, 0.2) is 14.6 Å². The third-order valence-corrected chi connectivity index (χ3v) is 8.72. The molecule has 0 amide bonds. The predicted molar refractivity (Wildman–Crippen MR) is 75.4 cm³/mol. The van der Waals surface area contributed by atoms with Crippen molar-refractivity contribution in [1.82, 2.24) is 0 Å². The maximum Gasteiger partial charge on any atom is 0.192 e. The van der Waals surface area contributed by atoms with Crippen LogP contribution in [0.15, 0.2) is 0 Å². The van der Waals surface area contributed by atoms with E-state index in [0.717, 1.165) is 0 Å². The lowest BCUT2D eigenvalue weighted by atomic mass is 10.0. The monoisotopic (exact) mass is 292 g/mol. The van der Waals surface area contributed by atoms with E-state index in [1.807, 2.05) is 0 Å². The molecule has 1 aliphatic rings. The Labute approximate surface area is 117 Å². The van der Waals surface area contributed by atoms with Crippen LogP contribution < -0.4 is 0 Å². The molecule has 6 heteroatoms. The Balaban J connectivity index is 2.90. The molecule has 0 saturated carbocycles. The van der Waals surface area contributed by atoms with Crippen LogP contribution in [0.25, 0.3) is 0 Å². The third-order valence-electron chi connectivity index (χ3n) is 4.25. The van der Waals surface area contributed by atoms with Crippen LogP contribution in [0.5, 0.6) is 0 Å². The van der Waals surface area contributed by atoms with E-state index in [2.05, 4.69) is 33.9 Å². The number of ether oxygens (including phenoxy) is 2. The van der Waals surface area contributed by atoms with Crippen molar-refractivity contribution < 1.29 is 24.1 Å². The van der Waals surface area contributed by atoms with Gasteiger partial charge in [-0.25, -0.2) is 0 Å². The van der Waals surface area contributed by atoms with Crippen LogP contribution in [0.2, 0.25) is 18.1 Å². The highest BCUT2D eigenvalue weighted by atomic mass is 28.4. The summed E-state index contributed by atoms with van der Waals surface area (Å²) < 4.78 is 16.7. The predicted octanol–water partition coefficient (Wildman–Crippen LogP) is 1.49. The zero-order valence-corrected chi connectivity index (χ0v) is 14.0. The highest BCUT2D eigenvalue weighted by molar-refractivity contribution is 6.74. The highest BCUT2D eigenvalue weighted by Gasteiger charge is 2.48. The van der Waals surface area contributed by atoms with E-state index in [4.69, 9.17) is 13.9 Å². The van der Waals surface area contributed by atoms with Gasteiger partial charge in [0, 0.05) is 7.11 Å². The van der Waals surface area contributed by atoms with E-state index in [1.54, 1.807) is 6.92 Å². The molecule has 1 fully saturated rings. The fourth-order valence-corrected chi connectivity index (χ4v) is 3.16. The van der Waals surface area contributed by atoms with Crippen molar-refractivity contribution in [2.75, 3.05) is 7.11 Å². The maximum absolute atomic E-state index is 10.2. The largest absolute Gasteiger partial charge is 0.408 e. The Morgan fingerprint density at radius 2 is 1.63 bits per heavy atom. The van der Waals surface area contributed by atoms with Gasteiger partial charge in [0.25, 0.3) is 0 Å². The minimum Gasteiger partial charge on any atom is -0.408 e. The zero-order chi connectivity index (χ0) is 15.0. The summed E-state index contributed by atoms with van der Waals surface area (Å²) in [4.78, 5) is 0. The van der Waals surface area contributed by atoms with E-state index in [1.165, 1.54) is 7.11 Å². The Morgan fingerprint density at radius 3 is 2.05 bits per heavy atom. The Bertz CT molecular complexity index is 302. The zero-order valence-electron chi connectivity index (χ0n) is 13.0. The first-order valence-corrected chi connectivity index (χ1v) is 9.64. The van der Waals surface area contributed by atoms with Gasteiger partial charge >= 0.3 is 0 Å². The van der Waals surface area contributed by atoms with Crippen molar-refractivity contribution in [3.05, 3.63) is 0 Å². The van der Waals surface area contributed by atoms with Gasteiger partial charge in [-0.1, -0.05) is 20.8 Å². The smallest absolute Gasteiger partial charge is 0.192 e. The fourth-order valence-electron chi connectivity index (χ4n) is 1.85. The van der Waals surface area contributed by atoms with Crippen molar-refractivity contribution in [3.8, 4) is 0 Å². The number of methoxy groups -OCH3 is 1. The average molecular weight is 292 g/mol. The number of hydrogen-bond donors (Lipinski definition) is 2. The standard InChI is InChI=1S/C13H28O5Si/c1-8-9(14)11(10(15)12(16-5)17-8)18-19(6,7)13(2,3)4/h8-12,14-15H,1-7H3/t8-,9+,10-,11+,12+/m0/s1. The molecule has 5 nitrogen and oxygen atoms in total. The first-order valence-electron chi connectivity index (χ1n) is 6.73. The molecular weight excluding hydrogens is 264 g/mol. The van der Waals surface area contributed by atoms with Crippen LogP contribution in [0.3, 0.4) is 0 Å². The van der Waals surface area contributed by atoms with Crippen molar-refractivity contribution >= 4 is 8.32 Å². The van der Waals surface area contributed by atoms with Gasteiger partial charge in [0.2, 0.25) is 0 Å². The van der Waals surface area contributed by atoms with Crippen molar-refractivity contribution in [1.29, 1.82) is 0 Å². The first-order chi connectivity index (χ1) is 8.51. The molecular formula is C13H28O5Si. The summed E-state index contributed by atoms with van der Waals surface area (Å²) in [5, 5.41) is 20.5. The molecule has 0 aliphatic carbocycles. The number of aliphatic hydroxyl groups is 2. The molecule has 0 bridgehead atoms. The SMILES string of the molecule is CO[C@@H]1O[C@@H](C)[C@@H](O)[C@@H](O[Si](C)(C)C(C)(C)C)[C@@H]1O. The van der Waals surface area contributed by atoms with Gasteiger partial charge in [-0.05, 0) is 25.1 Å². The van der Waals surface area contributed by atoms with Crippen molar-refractivity contribution in [3.63, 3.8) is 0 Å². The van der Waals surface area contributed by atoms with Crippen LogP contribution in [-0.2, 0) is 13.9 Å². The summed E-state index contributed by atoms with van der Waals surface area (Å²) in [6.45, 7) is 12.3. The second-order valence-electron chi connectivity index (χ2n) is 6.77. The minimum atomic E-state index is -2.08. The quantitative estimate of drug-likeness (QED) is 0.771. The molecule has 0 aromatic carbocycles. The molecule has 0 spiro atoms. The summed E-state index contributed by atoms with van der Waals surface area (Å²) in [6.07, 6.45) is -3.69.